The first kappa shape index (κ1) is 10.2. The van der Waals surface area contributed by atoms with E-state index in [0.29, 0.717) is 5.69 Å². The van der Waals surface area contributed by atoms with Crippen molar-refractivity contribution in [3.05, 3.63) is 11.9 Å². The van der Waals surface area contributed by atoms with Crippen LogP contribution in [0.15, 0.2) is 11.1 Å². The minimum absolute atomic E-state index is 0.0983. The Balaban J connectivity index is 3.27. The van der Waals surface area contributed by atoms with Crippen molar-refractivity contribution in [2.75, 3.05) is 0 Å². The summed E-state index contributed by atoms with van der Waals surface area (Å²) in [6.07, 6.45) is 1.45. The Hall–Kier alpha value is -0.880. The predicted molar refractivity (Wildman–Crippen MR) is 48.7 cm³/mol. The van der Waals surface area contributed by atoms with Crippen molar-refractivity contribution in [3.8, 4) is 0 Å². The molecule has 0 aliphatic carbocycles. The van der Waals surface area contributed by atoms with E-state index in [1.165, 1.54) is 6.20 Å². The number of hydrogen-bond acceptors (Lipinski definition) is 3. The van der Waals surface area contributed by atoms with Crippen molar-refractivity contribution in [1.82, 2.24) is 9.78 Å². The standard InChI is InChI=1S/C7H13N3O2S/c1-5(2)10-4-7(6(3)9-10)13(8,11)12/h4-5H,1-3H3,(H2,8,11,12). The lowest BCUT2D eigenvalue weighted by molar-refractivity contribution is 0.528. The zero-order chi connectivity index (χ0) is 10.2. The van der Waals surface area contributed by atoms with Crippen molar-refractivity contribution < 1.29 is 8.42 Å². The molecule has 13 heavy (non-hydrogen) atoms. The number of nitrogens with two attached hydrogens (primary N) is 1. The molecule has 1 aromatic rings. The lowest BCUT2D eigenvalue weighted by Gasteiger charge is -2.02. The van der Waals surface area contributed by atoms with Crippen molar-refractivity contribution >= 4 is 10.0 Å². The maximum atomic E-state index is 11.0. The summed E-state index contributed by atoms with van der Waals surface area (Å²) >= 11 is 0. The first-order valence-electron chi connectivity index (χ1n) is 3.91. The molecule has 1 rings (SSSR count). The lowest BCUT2D eigenvalue weighted by atomic mass is 10.4. The van der Waals surface area contributed by atoms with Crippen LogP contribution < -0.4 is 5.14 Å². The van der Waals surface area contributed by atoms with Crippen molar-refractivity contribution in [2.45, 2.75) is 31.7 Å². The molecule has 0 spiro atoms. The van der Waals surface area contributed by atoms with Crippen molar-refractivity contribution in [1.29, 1.82) is 0 Å². The highest BCUT2D eigenvalue weighted by Crippen LogP contribution is 2.13. The Morgan fingerprint density at radius 1 is 1.54 bits per heavy atom. The highest BCUT2D eigenvalue weighted by Gasteiger charge is 2.16. The molecule has 6 heteroatoms. The third-order valence-electron chi connectivity index (χ3n) is 1.71. The number of nitrogens with zero attached hydrogens (tertiary/aromatic N) is 2. The van der Waals surface area contributed by atoms with E-state index in [1.807, 2.05) is 13.8 Å². The second-order valence-electron chi connectivity index (χ2n) is 3.20. The van der Waals surface area contributed by atoms with Gasteiger partial charge in [-0.25, -0.2) is 13.6 Å². The van der Waals surface area contributed by atoms with Gasteiger partial charge >= 0.3 is 0 Å². The molecule has 0 radical (unpaired) electrons. The maximum absolute atomic E-state index is 11.0. The Labute approximate surface area is 77.6 Å². The molecule has 0 saturated carbocycles. The van der Waals surface area contributed by atoms with Crippen molar-refractivity contribution in [3.63, 3.8) is 0 Å². The van der Waals surface area contributed by atoms with Crippen LogP contribution in [-0.2, 0) is 10.0 Å². The number of aromatic nitrogens is 2. The van der Waals surface area contributed by atoms with Gasteiger partial charge in [-0.2, -0.15) is 5.10 Å². The summed E-state index contributed by atoms with van der Waals surface area (Å²) in [5.41, 5.74) is 0.441. The van der Waals surface area contributed by atoms with Crippen molar-refractivity contribution in [2.24, 2.45) is 5.14 Å². The smallest absolute Gasteiger partial charge is 0.241 e. The fourth-order valence-electron chi connectivity index (χ4n) is 1.01. The second kappa shape index (κ2) is 3.12. The van der Waals surface area contributed by atoms with E-state index in [1.54, 1.807) is 11.6 Å². The maximum Gasteiger partial charge on any atom is 0.241 e. The summed E-state index contributed by atoms with van der Waals surface area (Å²) in [6.45, 7) is 5.46. The Morgan fingerprint density at radius 2 is 2.08 bits per heavy atom. The van der Waals surface area contributed by atoms with Gasteiger partial charge in [0, 0.05) is 12.2 Å². The normalized spacial score (nSPS) is 12.4. The molecule has 0 aliphatic heterocycles. The van der Waals surface area contributed by atoms with Gasteiger partial charge in [-0.05, 0) is 20.8 Å². The van der Waals surface area contributed by atoms with Gasteiger partial charge in [0.1, 0.15) is 4.90 Å². The Bertz CT molecular complexity index is 405. The molecule has 1 heterocycles. The fraction of sp³-hybridized carbons (Fsp3) is 0.571. The summed E-state index contributed by atoms with van der Waals surface area (Å²) in [7, 11) is -3.63. The van der Waals surface area contributed by atoms with Crippen LogP contribution in [0.25, 0.3) is 0 Å². The molecular weight excluding hydrogens is 190 g/mol. The summed E-state index contributed by atoms with van der Waals surface area (Å²) in [5, 5.41) is 9.02. The van der Waals surface area contributed by atoms with Crippen LogP contribution in [-0.4, -0.2) is 18.2 Å². The van der Waals surface area contributed by atoms with Gasteiger partial charge in [0.15, 0.2) is 0 Å². The second-order valence-corrected chi connectivity index (χ2v) is 4.73. The SMILES string of the molecule is Cc1nn(C(C)C)cc1S(N)(=O)=O. The van der Waals surface area contributed by atoms with E-state index >= 15 is 0 Å². The number of aryl methyl sites for hydroxylation is 1. The first-order valence-corrected chi connectivity index (χ1v) is 5.45. The van der Waals surface area contributed by atoms with Crippen LogP contribution >= 0.6 is 0 Å². The molecule has 0 aliphatic rings. The highest BCUT2D eigenvalue weighted by atomic mass is 32.2. The number of primary sulfonamides is 1. The molecule has 74 valence electrons. The predicted octanol–water partition coefficient (Wildman–Crippen LogP) is 0.420. The highest BCUT2D eigenvalue weighted by molar-refractivity contribution is 7.89. The van der Waals surface area contributed by atoms with Crippen LogP contribution in [0, 0.1) is 6.92 Å². The van der Waals surface area contributed by atoms with Crippen LogP contribution in [0.3, 0.4) is 0 Å². The molecule has 0 fully saturated rings. The van der Waals surface area contributed by atoms with Crippen LogP contribution in [0.5, 0.6) is 0 Å². The van der Waals surface area contributed by atoms with Gasteiger partial charge < -0.3 is 0 Å². The largest absolute Gasteiger partial charge is 0.269 e. The monoisotopic (exact) mass is 203 g/mol. The summed E-state index contributed by atoms with van der Waals surface area (Å²) in [6, 6.07) is 0.134. The number of rotatable bonds is 2. The van der Waals surface area contributed by atoms with Crippen LogP contribution in [0.2, 0.25) is 0 Å². The molecule has 0 atom stereocenters. The molecule has 2 N–H and O–H groups in total. The van der Waals surface area contributed by atoms with Crippen LogP contribution in [0.1, 0.15) is 25.6 Å². The van der Waals surface area contributed by atoms with Gasteiger partial charge in [0.05, 0.1) is 5.69 Å². The van der Waals surface area contributed by atoms with E-state index in [2.05, 4.69) is 5.10 Å². The van der Waals surface area contributed by atoms with Gasteiger partial charge in [0.2, 0.25) is 10.0 Å². The zero-order valence-corrected chi connectivity index (χ0v) is 8.67. The third-order valence-corrected chi connectivity index (χ3v) is 2.72. The summed E-state index contributed by atoms with van der Waals surface area (Å²) in [5.74, 6) is 0. The van der Waals surface area contributed by atoms with Gasteiger partial charge in [0.25, 0.3) is 0 Å². The van der Waals surface area contributed by atoms with Gasteiger partial charge in [-0.3, -0.25) is 4.68 Å². The molecule has 5 nitrogen and oxygen atoms in total. The average molecular weight is 203 g/mol. The Morgan fingerprint density at radius 3 is 2.31 bits per heavy atom. The molecule has 0 amide bonds. The molecule has 0 saturated heterocycles. The van der Waals surface area contributed by atoms with E-state index < -0.39 is 10.0 Å². The molecule has 0 unspecified atom stereocenters. The van der Waals surface area contributed by atoms with Crippen LogP contribution in [0.4, 0.5) is 0 Å². The topological polar surface area (TPSA) is 78.0 Å². The average Bonchev–Trinajstić information content (AvgIpc) is 2.29. The number of hydrogen-bond donors (Lipinski definition) is 1. The lowest BCUT2D eigenvalue weighted by Crippen LogP contribution is -2.12. The zero-order valence-electron chi connectivity index (χ0n) is 7.85. The summed E-state index contributed by atoms with van der Waals surface area (Å²) < 4.78 is 23.6. The molecule has 0 aromatic carbocycles. The van der Waals surface area contributed by atoms with Gasteiger partial charge in [-0.15, -0.1) is 0 Å². The third kappa shape index (κ3) is 2.07. The van der Waals surface area contributed by atoms with E-state index in [4.69, 9.17) is 5.14 Å². The first-order chi connectivity index (χ1) is 5.82. The molecule has 0 bridgehead atoms. The summed E-state index contributed by atoms with van der Waals surface area (Å²) in [4.78, 5) is 0.0983. The fourth-order valence-corrected chi connectivity index (χ4v) is 1.72. The molecule has 1 aromatic heterocycles. The number of sulfonamides is 1. The van der Waals surface area contributed by atoms with E-state index in [-0.39, 0.29) is 10.9 Å². The van der Waals surface area contributed by atoms with Gasteiger partial charge in [-0.1, -0.05) is 0 Å². The van der Waals surface area contributed by atoms with E-state index in [9.17, 15) is 8.42 Å². The minimum Gasteiger partial charge on any atom is -0.269 e. The Kier molecular flexibility index (Phi) is 2.44. The molecular formula is C7H13N3O2S. The van der Waals surface area contributed by atoms with E-state index in [0.717, 1.165) is 0 Å². The minimum atomic E-state index is -3.63. The quantitative estimate of drug-likeness (QED) is 0.756.